The molecule has 0 fully saturated rings. The van der Waals surface area contributed by atoms with Gasteiger partial charge in [0.1, 0.15) is 18.2 Å². The van der Waals surface area contributed by atoms with E-state index in [1.807, 2.05) is 0 Å². The van der Waals surface area contributed by atoms with Crippen molar-refractivity contribution in [3.05, 3.63) is 65.4 Å². The smallest absolute Gasteiger partial charge is 0.216 e. The van der Waals surface area contributed by atoms with Crippen molar-refractivity contribution < 1.29 is 8.98 Å². The summed E-state index contributed by atoms with van der Waals surface area (Å²) in [5.41, 5.74) is 9.11. The van der Waals surface area contributed by atoms with E-state index in [2.05, 4.69) is 94.9 Å². The number of furan rings is 1. The van der Waals surface area contributed by atoms with Gasteiger partial charge in [-0.25, -0.2) is 4.57 Å². The first-order valence-electron chi connectivity index (χ1n) is 10.7. The van der Waals surface area contributed by atoms with Gasteiger partial charge in [0.2, 0.25) is 5.69 Å². The second-order valence-electron chi connectivity index (χ2n) is 10.0. The van der Waals surface area contributed by atoms with Gasteiger partial charge in [-0.05, 0) is 59.4 Å². The van der Waals surface area contributed by atoms with Crippen LogP contribution in [0.2, 0.25) is 0 Å². The minimum atomic E-state index is 0.123. The molecule has 2 aromatic heterocycles. The molecule has 0 spiro atoms. The molecule has 0 N–H and O–H groups in total. The first-order chi connectivity index (χ1) is 13.7. The Labute approximate surface area is 173 Å². The fourth-order valence-electron chi connectivity index (χ4n) is 5.57. The van der Waals surface area contributed by atoms with Crippen LogP contribution in [-0.4, -0.2) is 0 Å². The van der Waals surface area contributed by atoms with Crippen molar-refractivity contribution >= 4 is 21.9 Å². The van der Waals surface area contributed by atoms with Crippen molar-refractivity contribution in [1.29, 1.82) is 0 Å². The quantitative estimate of drug-likeness (QED) is 0.332. The standard InChI is InChI=1S/C27H30NO/c1-17-21(19-12-9-10-16-28(19)6)25-22(18-11-7-8-13-20(18)29-25)24-23(17)26(2,3)14-15-27(24,4)5/h7-13,16H,14-15H2,1-6H3/q+1. The molecular formula is C27H30NO+. The highest BCUT2D eigenvalue weighted by Crippen LogP contribution is 2.54. The highest BCUT2D eigenvalue weighted by Gasteiger charge is 2.42. The van der Waals surface area contributed by atoms with E-state index in [0.29, 0.717) is 0 Å². The van der Waals surface area contributed by atoms with E-state index >= 15 is 0 Å². The summed E-state index contributed by atoms with van der Waals surface area (Å²) in [7, 11) is 2.12. The molecule has 1 aliphatic carbocycles. The second kappa shape index (κ2) is 5.95. The molecule has 4 aromatic rings. The topological polar surface area (TPSA) is 17.0 Å². The number of aromatic nitrogens is 1. The molecular weight excluding hydrogens is 354 g/mol. The van der Waals surface area contributed by atoms with Crippen LogP contribution in [0.3, 0.4) is 0 Å². The van der Waals surface area contributed by atoms with Gasteiger partial charge in [-0.3, -0.25) is 0 Å². The zero-order chi connectivity index (χ0) is 20.6. The Kier molecular flexibility index (Phi) is 3.78. The Morgan fingerprint density at radius 3 is 2.24 bits per heavy atom. The van der Waals surface area contributed by atoms with Crippen molar-refractivity contribution in [3.8, 4) is 11.3 Å². The molecule has 0 bridgehead atoms. The number of rotatable bonds is 1. The Morgan fingerprint density at radius 1 is 0.862 bits per heavy atom. The van der Waals surface area contributed by atoms with Gasteiger partial charge in [0.15, 0.2) is 6.20 Å². The van der Waals surface area contributed by atoms with Gasteiger partial charge >= 0.3 is 0 Å². The molecule has 2 heterocycles. The number of aryl methyl sites for hydroxylation is 1. The average Bonchev–Trinajstić information content (AvgIpc) is 3.04. The predicted octanol–water partition coefficient (Wildman–Crippen LogP) is 6.73. The number of pyridine rings is 1. The fraction of sp³-hybridized carbons (Fsp3) is 0.370. The van der Waals surface area contributed by atoms with Crippen molar-refractivity contribution in [2.75, 3.05) is 0 Å². The van der Waals surface area contributed by atoms with Crippen LogP contribution in [0, 0.1) is 6.92 Å². The average molecular weight is 385 g/mol. The zero-order valence-corrected chi connectivity index (χ0v) is 18.4. The van der Waals surface area contributed by atoms with Crippen LogP contribution in [-0.2, 0) is 17.9 Å². The predicted molar refractivity (Wildman–Crippen MR) is 120 cm³/mol. The van der Waals surface area contributed by atoms with E-state index in [-0.39, 0.29) is 10.8 Å². The number of nitrogens with zero attached hydrogens (tertiary/aromatic N) is 1. The number of hydrogen-bond donors (Lipinski definition) is 0. The third kappa shape index (κ3) is 2.51. The summed E-state index contributed by atoms with van der Waals surface area (Å²) >= 11 is 0. The molecule has 2 nitrogen and oxygen atoms in total. The van der Waals surface area contributed by atoms with Gasteiger partial charge in [-0.15, -0.1) is 0 Å². The molecule has 0 radical (unpaired) electrons. The Balaban J connectivity index is 2.09. The summed E-state index contributed by atoms with van der Waals surface area (Å²) in [6.07, 6.45) is 4.52. The van der Waals surface area contributed by atoms with Crippen LogP contribution in [0.4, 0.5) is 0 Å². The minimum Gasteiger partial charge on any atom is -0.455 e. The molecule has 2 aromatic carbocycles. The molecule has 5 rings (SSSR count). The van der Waals surface area contributed by atoms with Crippen LogP contribution in [0.15, 0.2) is 53.1 Å². The summed E-state index contributed by atoms with van der Waals surface area (Å²) < 4.78 is 8.80. The maximum atomic E-state index is 6.59. The van der Waals surface area contributed by atoms with E-state index in [1.54, 1.807) is 0 Å². The van der Waals surface area contributed by atoms with Crippen LogP contribution in [0.1, 0.15) is 57.2 Å². The lowest BCUT2D eigenvalue weighted by Gasteiger charge is -2.43. The molecule has 2 heteroatoms. The third-order valence-electron chi connectivity index (χ3n) is 7.11. The third-order valence-corrected chi connectivity index (χ3v) is 7.11. The maximum Gasteiger partial charge on any atom is 0.216 e. The number of para-hydroxylation sites is 1. The van der Waals surface area contributed by atoms with Crippen LogP contribution in [0.25, 0.3) is 33.2 Å². The zero-order valence-electron chi connectivity index (χ0n) is 18.4. The first kappa shape index (κ1) is 18.4. The molecule has 1 aliphatic rings. The monoisotopic (exact) mass is 384 g/mol. The molecule has 0 unspecified atom stereocenters. The Bertz CT molecular complexity index is 1270. The summed E-state index contributed by atoms with van der Waals surface area (Å²) in [6.45, 7) is 11.9. The van der Waals surface area contributed by atoms with Crippen molar-refractivity contribution in [2.24, 2.45) is 7.05 Å². The number of benzene rings is 2. The van der Waals surface area contributed by atoms with Gasteiger partial charge < -0.3 is 4.42 Å². The molecule has 29 heavy (non-hydrogen) atoms. The maximum absolute atomic E-state index is 6.59. The normalized spacial score (nSPS) is 17.6. The van der Waals surface area contributed by atoms with Gasteiger partial charge in [-0.2, -0.15) is 0 Å². The van der Waals surface area contributed by atoms with E-state index in [9.17, 15) is 0 Å². The minimum absolute atomic E-state index is 0.123. The molecule has 0 amide bonds. The van der Waals surface area contributed by atoms with Crippen molar-refractivity contribution in [2.45, 2.75) is 58.3 Å². The van der Waals surface area contributed by atoms with Crippen molar-refractivity contribution in [3.63, 3.8) is 0 Å². The Hall–Kier alpha value is -2.61. The van der Waals surface area contributed by atoms with Crippen molar-refractivity contribution in [1.82, 2.24) is 0 Å². The molecule has 148 valence electrons. The highest BCUT2D eigenvalue weighted by molar-refractivity contribution is 6.12. The first-order valence-corrected chi connectivity index (χ1v) is 10.7. The van der Waals surface area contributed by atoms with Crippen LogP contribution >= 0.6 is 0 Å². The van der Waals surface area contributed by atoms with Gasteiger partial charge in [0.25, 0.3) is 0 Å². The van der Waals surface area contributed by atoms with Crippen LogP contribution < -0.4 is 4.57 Å². The van der Waals surface area contributed by atoms with Gasteiger partial charge in [0.05, 0.1) is 5.56 Å². The van der Waals surface area contributed by atoms with E-state index in [1.165, 1.54) is 51.6 Å². The highest BCUT2D eigenvalue weighted by atomic mass is 16.3. The van der Waals surface area contributed by atoms with E-state index in [4.69, 9.17) is 4.42 Å². The lowest BCUT2D eigenvalue weighted by atomic mass is 9.60. The van der Waals surface area contributed by atoms with Gasteiger partial charge in [0, 0.05) is 22.9 Å². The van der Waals surface area contributed by atoms with E-state index < -0.39 is 0 Å². The molecule has 0 atom stereocenters. The molecule has 0 saturated heterocycles. The summed E-state index contributed by atoms with van der Waals surface area (Å²) in [4.78, 5) is 0. The molecule has 0 saturated carbocycles. The summed E-state index contributed by atoms with van der Waals surface area (Å²) in [5, 5.41) is 2.56. The Morgan fingerprint density at radius 2 is 1.52 bits per heavy atom. The summed E-state index contributed by atoms with van der Waals surface area (Å²) in [6, 6.07) is 14.9. The lowest BCUT2D eigenvalue weighted by Crippen LogP contribution is -2.36. The largest absolute Gasteiger partial charge is 0.455 e. The second-order valence-corrected chi connectivity index (χ2v) is 10.0. The molecule has 0 aliphatic heterocycles. The SMILES string of the molecule is Cc1c2c(c3c(oc4ccccc43)c1-c1cccc[n+]1C)C(C)(C)CCC2(C)C. The number of fused-ring (bicyclic) bond motifs is 5. The van der Waals surface area contributed by atoms with Gasteiger partial charge in [-0.1, -0.05) is 45.9 Å². The lowest BCUT2D eigenvalue weighted by molar-refractivity contribution is -0.660. The fourth-order valence-corrected chi connectivity index (χ4v) is 5.57. The van der Waals surface area contributed by atoms with E-state index in [0.717, 1.165) is 11.2 Å². The summed E-state index contributed by atoms with van der Waals surface area (Å²) in [5.74, 6) is 0. The van der Waals surface area contributed by atoms with Crippen LogP contribution in [0.5, 0.6) is 0 Å². The number of hydrogen-bond acceptors (Lipinski definition) is 1.